The third-order valence-corrected chi connectivity index (χ3v) is 5.48. The van der Waals surface area contributed by atoms with Crippen LogP contribution in [0.5, 0.6) is 0 Å². The Morgan fingerprint density at radius 1 is 1.11 bits per heavy atom. The summed E-state index contributed by atoms with van der Waals surface area (Å²) in [5.74, 6) is 0.307. The van der Waals surface area contributed by atoms with E-state index in [4.69, 9.17) is 4.52 Å². The molecular weight excluding hydrogens is 368 g/mol. The summed E-state index contributed by atoms with van der Waals surface area (Å²) < 4.78 is 29.4. The standard InChI is InChI=1S/C18H18N4O4S/c23-16(20-11-12-27(24,25)15-6-2-1-3-7-15)8-9-17-21-18(22-26-17)14-5-4-10-19-13-14/h1-7,10,13H,8-9,11-12H2,(H,20,23). The van der Waals surface area contributed by atoms with Crippen LogP contribution in [0.15, 0.2) is 64.3 Å². The van der Waals surface area contributed by atoms with E-state index >= 15 is 0 Å². The van der Waals surface area contributed by atoms with Crippen LogP contribution in [0.25, 0.3) is 11.4 Å². The van der Waals surface area contributed by atoms with Crippen molar-refractivity contribution in [2.75, 3.05) is 12.3 Å². The van der Waals surface area contributed by atoms with Crippen molar-refractivity contribution in [3.63, 3.8) is 0 Å². The first kappa shape index (κ1) is 18.7. The first-order valence-corrected chi connectivity index (χ1v) is 9.97. The summed E-state index contributed by atoms with van der Waals surface area (Å²) in [6.07, 6.45) is 3.66. The number of aryl methyl sites for hydroxylation is 1. The van der Waals surface area contributed by atoms with Crippen molar-refractivity contribution in [3.8, 4) is 11.4 Å². The molecule has 1 aromatic carbocycles. The van der Waals surface area contributed by atoms with E-state index < -0.39 is 9.84 Å². The van der Waals surface area contributed by atoms with Crippen LogP contribution in [0.3, 0.4) is 0 Å². The van der Waals surface area contributed by atoms with Crippen LogP contribution >= 0.6 is 0 Å². The van der Waals surface area contributed by atoms with Gasteiger partial charge < -0.3 is 9.84 Å². The van der Waals surface area contributed by atoms with Crippen LogP contribution in [0.4, 0.5) is 0 Å². The highest BCUT2D eigenvalue weighted by atomic mass is 32.2. The number of nitrogens with zero attached hydrogens (tertiary/aromatic N) is 3. The summed E-state index contributed by atoms with van der Waals surface area (Å²) >= 11 is 0. The second kappa shape index (κ2) is 8.54. The molecule has 9 heteroatoms. The Kier molecular flexibility index (Phi) is 5.92. The van der Waals surface area contributed by atoms with Crippen molar-refractivity contribution in [1.82, 2.24) is 20.4 Å². The van der Waals surface area contributed by atoms with Crippen molar-refractivity contribution >= 4 is 15.7 Å². The van der Waals surface area contributed by atoms with Gasteiger partial charge in [0.05, 0.1) is 10.6 Å². The van der Waals surface area contributed by atoms with Gasteiger partial charge >= 0.3 is 0 Å². The molecule has 0 bridgehead atoms. The summed E-state index contributed by atoms with van der Waals surface area (Å²) in [7, 11) is -3.41. The normalized spacial score (nSPS) is 11.3. The summed E-state index contributed by atoms with van der Waals surface area (Å²) in [5.41, 5.74) is 0.725. The molecule has 0 fully saturated rings. The third kappa shape index (κ3) is 5.20. The van der Waals surface area contributed by atoms with Gasteiger partial charge in [0.2, 0.25) is 17.6 Å². The van der Waals surface area contributed by atoms with E-state index in [1.54, 1.807) is 36.7 Å². The summed E-state index contributed by atoms with van der Waals surface area (Å²) in [6, 6.07) is 11.7. The first-order chi connectivity index (χ1) is 13.0. The van der Waals surface area contributed by atoms with Crippen LogP contribution in [0.2, 0.25) is 0 Å². The fourth-order valence-electron chi connectivity index (χ4n) is 2.35. The molecular formula is C18H18N4O4S. The Morgan fingerprint density at radius 3 is 2.67 bits per heavy atom. The van der Waals surface area contributed by atoms with Crippen LogP contribution < -0.4 is 5.32 Å². The number of carbonyl (C=O) groups is 1. The maximum Gasteiger partial charge on any atom is 0.227 e. The summed E-state index contributed by atoms with van der Waals surface area (Å²) in [6.45, 7) is 0.0425. The lowest BCUT2D eigenvalue weighted by molar-refractivity contribution is -0.121. The molecule has 2 heterocycles. The molecule has 2 aromatic heterocycles. The van der Waals surface area contributed by atoms with Gasteiger partial charge in [-0.1, -0.05) is 23.4 Å². The van der Waals surface area contributed by atoms with Gasteiger partial charge in [-0.05, 0) is 24.3 Å². The topological polar surface area (TPSA) is 115 Å². The van der Waals surface area contributed by atoms with E-state index in [1.807, 2.05) is 6.07 Å². The van der Waals surface area contributed by atoms with Crippen LogP contribution in [-0.2, 0) is 21.1 Å². The molecule has 0 aliphatic heterocycles. The molecule has 3 aromatic rings. The highest BCUT2D eigenvalue weighted by Gasteiger charge is 2.15. The largest absolute Gasteiger partial charge is 0.355 e. The second-order valence-corrected chi connectivity index (χ2v) is 7.84. The number of hydrogen-bond acceptors (Lipinski definition) is 7. The highest BCUT2D eigenvalue weighted by Crippen LogP contribution is 2.14. The molecule has 140 valence electrons. The Morgan fingerprint density at radius 2 is 1.93 bits per heavy atom. The van der Waals surface area contributed by atoms with Crippen molar-refractivity contribution < 1.29 is 17.7 Å². The Balaban J connectivity index is 1.45. The molecule has 0 unspecified atom stereocenters. The lowest BCUT2D eigenvalue weighted by atomic mass is 10.2. The van der Waals surface area contributed by atoms with Gasteiger partial charge in [0, 0.05) is 37.3 Å². The van der Waals surface area contributed by atoms with E-state index in [1.165, 1.54) is 12.1 Å². The monoisotopic (exact) mass is 386 g/mol. The van der Waals surface area contributed by atoms with E-state index in [0.717, 1.165) is 5.56 Å². The fourth-order valence-corrected chi connectivity index (χ4v) is 3.53. The number of sulfone groups is 1. The second-order valence-electron chi connectivity index (χ2n) is 5.74. The van der Waals surface area contributed by atoms with Crippen molar-refractivity contribution in [3.05, 3.63) is 60.7 Å². The zero-order chi connectivity index (χ0) is 19.1. The van der Waals surface area contributed by atoms with Gasteiger partial charge in [-0.15, -0.1) is 0 Å². The first-order valence-electron chi connectivity index (χ1n) is 8.32. The van der Waals surface area contributed by atoms with Crippen molar-refractivity contribution in [1.29, 1.82) is 0 Å². The molecule has 1 amide bonds. The zero-order valence-corrected chi connectivity index (χ0v) is 15.2. The smallest absolute Gasteiger partial charge is 0.227 e. The average molecular weight is 386 g/mol. The molecule has 0 aliphatic rings. The number of aromatic nitrogens is 3. The summed E-state index contributed by atoms with van der Waals surface area (Å²) in [4.78, 5) is 20.4. The van der Waals surface area contributed by atoms with E-state index in [9.17, 15) is 13.2 Å². The molecule has 1 N–H and O–H groups in total. The fraction of sp³-hybridized carbons (Fsp3) is 0.222. The Labute approximate surface area is 156 Å². The van der Waals surface area contributed by atoms with Crippen molar-refractivity contribution in [2.24, 2.45) is 0 Å². The maximum absolute atomic E-state index is 12.1. The Bertz CT molecular complexity index is 988. The molecule has 3 rings (SSSR count). The highest BCUT2D eigenvalue weighted by molar-refractivity contribution is 7.91. The average Bonchev–Trinajstić information content (AvgIpc) is 3.17. The maximum atomic E-state index is 12.1. The predicted molar refractivity (Wildman–Crippen MR) is 97.4 cm³/mol. The minimum atomic E-state index is -3.41. The molecule has 0 spiro atoms. The SMILES string of the molecule is O=C(CCc1nc(-c2cccnc2)no1)NCCS(=O)(=O)c1ccccc1. The van der Waals surface area contributed by atoms with Gasteiger partial charge in [0.1, 0.15) is 0 Å². The van der Waals surface area contributed by atoms with Crippen LogP contribution in [0.1, 0.15) is 12.3 Å². The van der Waals surface area contributed by atoms with Gasteiger partial charge in [-0.25, -0.2) is 8.42 Å². The number of pyridine rings is 1. The van der Waals surface area contributed by atoms with Gasteiger partial charge in [-0.3, -0.25) is 9.78 Å². The number of hydrogen-bond donors (Lipinski definition) is 1. The minimum Gasteiger partial charge on any atom is -0.355 e. The van der Waals surface area contributed by atoms with E-state index in [0.29, 0.717) is 11.7 Å². The molecule has 0 radical (unpaired) electrons. The molecule has 27 heavy (non-hydrogen) atoms. The summed E-state index contributed by atoms with van der Waals surface area (Å²) in [5, 5.41) is 6.45. The number of benzene rings is 1. The number of amides is 1. The lowest BCUT2D eigenvalue weighted by Crippen LogP contribution is -2.29. The quantitative estimate of drug-likeness (QED) is 0.626. The molecule has 0 aliphatic carbocycles. The molecule has 0 saturated carbocycles. The minimum absolute atomic E-state index is 0.0425. The lowest BCUT2D eigenvalue weighted by Gasteiger charge is -2.06. The van der Waals surface area contributed by atoms with Gasteiger partial charge in [0.15, 0.2) is 9.84 Å². The van der Waals surface area contributed by atoms with Crippen molar-refractivity contribution in [2.45, 2.75) is 17.7 Å². The van der Waals surface area contributed by atoms with Gasteiger partial charge in [0.25, 0.3) is 0 Å². The van der Waals surface area contributed by atoms with Gasteiger partial charge in [-0.2, -0.15) is 4.98 Å². The van der Waals surface area contributed by atoms with E-state index in [2.05, 4.69) is 20.4 Å². The van der Waals surface area contributed by atoms with Crippen LogP contribution in [-0.4, -0.2) is 41.7 Å². The molecule has 0 atom stereocenters. The van der Waals surface area contributed by atoms with E-state index in [-0.39, 0.29) is 35.9 Å². The number of rotatable bonds is 8. The number of carbonyl (C=O) groups excluding carboxylic acids is 1. The molecule has 8 nitrogen and oxygen atoms in total. The zero-order valence-electron chi connectivity index (χ0n) is 14.4. The molecule has 0 saturated heterocycles. The third-order valence-electron chi connectivity index (χ3n) is 3.75. The Hall–Kier alpha value is -3.07. The van der Waals surface area contributed by atoms with Crippen LogP contribution in [0, 0.1) is 0 Å². The predicted octanol–water partition coefficient (Wildman–Crippen LogP) is 1.65. The number of nitrogens with one attached hydrogen (secondary N) is 1.